The molecule has 1 aliphatic heterocycles. The molecule has 1 atom stereocenters. The molecule has 0 aliphatic carbocycles. The van der Waals surface area contributed by atoms with Crippen molar-refractivity contribution in [2.45, 2.75) is 40.2 Å². The van der Waals surface area contributed by atoms with Crippen LogP contribution in [0.5, 0.6) is 0 Å². The minimum atomic E-state index is 0.175. The molecule has 26 heavy (non-hydrogen) atoms. The molecule has 3 heterocycles. The highest BCUT2D eigenvalue weighted by Gasteiger charge is 2.27. The quantitative estimate of drug-likeness (QED) is 0.826. The van der Waals surface area contributed by atoms with E-state index in [2.05, 4.69) is 21.5 Å². The average molecular weight is 355 g/mol. The molecule has 0 spiro atoms. The van der Waals surface area contributed by atoms with Gasteiger partial charge in [0.2, 0.25) is 0 Å². The normalized spacial score (nSPS) is 17.3. The summed E-state index contributed by atoms with van der Waals surface area (Å²) in [6.07, 6.45) is 7.76. The summed E-state index contributed by atoms with van der Waals surface area (Å²) >= 11 is 0. The summed E-state index contributed by atoms with van der Waals surface area (Å²) in [6.45, 7) is 10.3. The Morgan fingerprint density at radius 2 is 2.12 bits per heavy atom. The molecule has 0 bridgehead atoms. The number of carbonyl (C=O) groups is 1. The fourth-order valence-corrected chi connectivity index (χ4v) is 3.76. The van der Waals surface area contributed by atoms with Gasteiger partial charge in [-0.1, -0.05) is 0 Å². The predicted molar refractivity (Wildman–Crippen MR) is 103 cm³/mol. The van der Waals surface area contributed by atoms with Crippen molar-refractivity contribution in [3.63, 3.8) is 0 Å². The number of nitrogens with zero attached hydrogens (tertiary/aromatic N) is 5. The minimum absolute atomic E-state index is 0.175. The van der Waals surface area contributed by atoms with E-state index in [0.29, 0.717) is 5.92 Å². The van der Waals surface area contributed by atoms with E-state index in [1.807, 2.05) is 48.2 Å². The van der Waals surface area contributed by atoms with E-state index in [4.69, 9.17) is 0 Å². The van der Waals surface area contributed by atoms with Crippen molar-refractivity contribution in [2.24, 2.45) is 5.92 Å². The summed E-state index contributed by atoms with van der Waals surface area (Å²) in [7, 11) is 0. The van der Waals surface area contributed by atoms with Crippen molar-refractivity contribution >= 4 is 6.03 Å². The third-order valence-electron chi connectivity index (χ3n) is 5.24. The third kappa shape index (κ3) is 3.89. The van der Waals surface area contributed by atoms with Crippen molar-refractivity contribution in [3.05, 3.63) is 36.4 Å². The van der Waals surface area contributed by atoms with Crippen LogP contribution in [0.1, 0.15) is 32.4 Å². The fraction of sp³-hybridized carbons (Fsp3) is 0.550. The standard InChI is InChI=1S/C20H29N5O/c1-4-23(5-2)20(26)24-11-7-8-17(14-24)15-25-16(3)12-22-19(25)18-9-6-10-21-13-18/h6,9-10,12-13,17H,4-5,7-8,11,14-15H2,1-3H3. The maximum Gasteiger partial charge on any atom is 0.319 e. The number of imidazole rings is 1. The Morgan fingerprint density at radius 1 is 1.31 bits per heavy atom. The zero-order valence-electron chi connectivity index (χ0n) is 16.1. The topological polar surface area (TPSA) is 54.3 Å². The largest absolute Gasteiger partial charge is 0.328 e. The monoisotopic (exact) mass is 355 g/mol. The highest BCUT2D eigenvalue weighted by molar-refractivity contribution is 5.74. The van der Waals surface area contributed by atoms with Gasteiger partial charge in [-0.3, -0.25) is 4.98 Å². The number of likely N-dealkylation sites (tertiary alicyclic amines) is 1. The summed E-state index contributed by atoms with van der Waals surface area (Å²) in [6, 6.07) is 4.16. The van der Waals surface area contributed by atoms with E-state index >= 15 is 0 Å². The molecule has 6 heteroatoms. The second-order valence-electron chi connectivity index (χ2n) is 6.98. The predicted octanol–water partition coefficient (Wildman–Crippen LogP) is 3.43. The second-order valence-corrected chi connectivity index (χ2v) is 6.98. The van der Waals surface area contributed by atoms with Crippen LogP contribution in [0.3, 0.4) is 0 Å². The van der Waals surface area contributed by atoms with Gasteiger partial charge in [0.25, 0.3) is 0 Å². The average Bonchev–Trinajstić information content (AvgIpc) is 3.04. The molecule has 0 aromatic carbocycles. The molecule has 6 nitrogen and oxygen atoms in total. The summed E-state index contributed by atoms with van der Waals surface area (Å²) in [4.78, 5) is 25.4. The van der Waals surface area contributed by atoms with E-state index in [1.54, 1.807) is 6.20 Å². The number of aryl methyl sites for hydroxylation is 1. The Bertz CT molecular complexity index is 723. The van der Waals surface area contributed by atoms with Crippen LogP contribution in [0.2, 0.25) is 0 Å². The van der Waals surface area contributed by atoms with E-state index in [1.165, 1.54) is 0 Å². The highest BCUT2D eigenvalue weighted by Crippen LogP contribution is 2.24. The van der Waals surface area contributed by atoms with Crippen molar-refractivity contribution in [2.75, 3.05) is 26.2 Å². The molecule has 1 aliphatic rings. The molecule has 3 rings (SSSR count). The van der Waals surface area contributed by atoms with Crippen molar-refractivity contribution < 1.29 is 4.79 Å². The molecular weight excluding hydrogens is 326 g/mol. The van der Waals surface area contributed by atoms with E-state index in [-0.39, 0.29) is 6.03 Å². The Hall–Kier alpha value is -2.37. The van der Waals surface area contributed by atoms with E-state index in [0.717, 1.165) is 62.6 Å². The summed E-state index contributed by atoms with van der Waals surface area (Å²) in [5.74, 6) is 1.41. The van der Waals surface area contributed by atoms with Gasteiger partial charge in [-0.15, -0.1) is 0 Å². The van der Waals surface area contributed by atoms with Gasteiger partial charge in [0.1, 0.15) is 5.82 Å². The Kier molecular flexibility index (Phi) is 5.91. The van der Waals surface area contributed by atoms with Crippen LogP contribution in [0.4, 0.5) is 4.79 Å². The molecule has 2 amide bonds. The van der Waals surface area contributed by atoms with Gasteiger partial charge in [0.05, 0.1) is 0 Å². The molecule has 0 saturated carbocycles. The first-order chi connectivity index (χ1) is 12.6. The zero-order chi connectivity index (χ0) is 18.5. The summed E-state index contributed by atoms with van der Waals surface area (Å²) < 4.78 is 2.27. The molecule has 1 saturated heterocycles. The van der Waals surface area contributed by atoms with Gasteiger partial charge in [-0.25, -0.2) is 9.78 Å². The number of rotatable bonds is 5. The lowest BCUT2D eigenvalue weighted by Crippen LogP contribution is -2.48. The van der Waals surface area contributed by atoms with Gasteiger partial charge < -0.3 is 14.4 Å². The summed E-state index contributed by atoms with van der Waals surface area (Å²) in [5.41, 5.74) is 2.18. The van der Waals surface area contributed by atoms with Crippen molar-refractivity contribution in [1.29, 1.82) is 0 Å². The minimum Gasteiger partial charge on any atom is -0.328 e. The number of amides is 2. The third-order valence-corrected chi connectivity index (χ3v) is 5.24. The van der Waals surface area contributed by atoms with Crippen LogP contribution >= 0.6 is 0 Å². The molecule has 140 valence electrons. The van der Waals surface area contributed by atoms with Gasteiger partial charge in [0.15, 0.2) is 0 Å². The summed E-state index contributed by atoms with van der Waals surface area (Å²) in [5, 5.41) is 0. The molecule has 2 aromatic heterocycles. The molecule has 1 unspecified atom stereocenters. The first kappa shape index (κ1) is 18.4. The molecule has 2 aromatic rings. The lowest BCUT2D eigenvalue weighted by atomic mass is 9.98. The first-order valence-electron chi connectivity index (χ1n) is 9.60. The number of piperidine rings is 1. The van der Waals surface area contributed by atoms with Crippen LogP contribution < -0.4 is 0 Å². The smallest absolute Gasteiger partial charge is 0.319 e. The molecule has 0 radical (unpaired) electrons. The van der Waals surface area contributed by atoms with Gasteiger partial charge in [-0.05, 0) is 51.7 Å². The maximum atomic E-state index is 12.7. The number of urea groups is 1. The van der Waals surface area contributed by atoms with Crippen LogP contribution in [0.15, 0.2) is 30.7 Å². The lowest BCUT2D eigenvalue weighted by molar-refractivity contribution is 0.127. The van der Waals surface area contributed by atoms with Gasteiger partial charge in [0, 0.05) is 62.6 Å². The van der Waals surface area contributed by atoms with Crippen molar-refractivity contribution in [3.8, 4) is 11.4 Å². The number of aromatic nitrogens is 3. The zero-order valence-corrected chi connectivity index (χ0v) is 16.1. The SMILES string of the molecule is CCN(CC)C(=O)N1CCCC(Cn2c(C)cnc2-c2cccnc2)C1. The molecule has 0 N–H and O–H groups in total. The highest BCUT2D eigenvalue weighted by atomic mass is 16.2. The first-order valence-corrected chi connectivity index (χ1v) is 9.60. The van der Waals surface area contributed by atoms with Crippen LogP contribution in [0, 0.1) is 12.8 Å². The Balaban J connectivity index is 1.73. The van der Waals surface area contributed by atoms with Gasteiger partial charge >= 0.3 is 6.03 Å². The maximum absolute atomic E-state index is 12.7. The Morgan fingerprint density at radius 3 is 2.81 bits per heavy atom. The van der Waals surface area contributed by atoms with Crippen LogP contribution in [-0.4, -0.2) is 56.5 Å². The number of hydrogen-bond acceptors (Lipinski definition) is 3. The number of carbonyl (C=O) groups excluding carboxylic acids is 1. The van der Waals surface area contributed by atoms with Gasteiger partial charge in [-0.2, -0.15) is 0 Å². The van der Waals surface area contributed by atoms with Crippen molar-refractivity contribution in [1.82, 2.24) is 24.3 Å². The fourth-order valence-electron chi connectivity index (χ4n) is 3.76. The molecule has 1 fully saturated rings. The second kappa shape index (κ2) is 8.34. The number of hydrogen-bond donors (Lipinski definition) is 0. The lowest BCUT2D eigenvalue weighted by Gasteiger charge is -2.36. The van der Waals surface area contributed by atoms with E-state index in [9.17, 15) is 4.79 Å². The number of pyridine rings is 1. The van der Waals surface area contributed by atoms with E-state index < -0.39 is 0 Å². The van der Waals surface area contributed by atoms with Crippen LogP contribution in [-0.2, 0) is 6.54 Å². The van der Waals surface area contributed by atoms with Crippen LogP contribution in [0.25, 0.3) is 11.4 Å². The molecular formula is C20H29N5O. The Labute approximate surface area is 155 Å².